The van der Waals surface area contributed by atoms with Crippen LogP contribution in [0.15, 0.2) is 30.3 Å². The van der Waals surface area contributed by atoms with E-state index in [1.54, 1.807) is 0 Å². The molecule has 23 heavy (non-hydrogen) atoms. The molecule has 0 radical (unpaired) electrons. The maximum atomic E-state index is 12.3. The largest absolute Gasteiger partial charge is 0.369 e. The quantitative estimate of drug-likeness (QED) is 0.897. The lowest BCUT2D eigenvalue weighted by Gasteiger charge is -2.36. The molecule has 1 aromatic carbocycles. The van der Waals surface area contributed by atoms with Gasteiger partial charge in [0.25, 0.3) is 0 Å². The maximum absolute atomic E-state index is 12.3. The molecular formula is C18H24N4O. The first-order valence-corrected chi connectivity index (χ1v) is 8.35. The van der Waals surface area contributed by atoms with Gasteiger partial charge in [0.05, 0.1) is 12.6 Å². The third kappa shape index (κ3) is 3.83. The van der Waals surface area contributed by atoms with Crippen LogP contribution < -0.4 is 10.2 Å². The van der Waals surface area contributed by atoms with Gasteiger partial charge in [0.1, 0.15) is 5.54 Å². The minimum Gasteiger partial charge on any atom is -0.369 e. The van der Waals surface area contributed by atoms with Crippen molar-refractivity contribution in [3.05, 3.63) is 30.3 Å². The van der Waals surface area contributed by atoms with E-state index in [2.05, 4.69) is 45.5 Å². The summed E-state index contributed by atoms with van der Waals surface area (Å²) < 4.78 is 0. The number of piperazine rings is 1. The topological polar surface area (TPSA) is 59.4 Å². The van der Waals surface area contributed by atoms with Gasteiger partial charge in [-0.25, -0.2) is 0 Å². The van der Waals surface area contributed by atoms with Crippen molar-refractivity contribution in [3.8, 4) is 6.07 Å². The number of nitrogens with zero attached hydrogens (tertiary/aromatic N) is 3. The van der Waals surface area contributed by atoms with E-state index in [1.807, 2.05) is 13.0 Å². The van der Waals surface area contributed by atoms with Crippen LogP contribution in [0, 0.1) is 17.2 Å². The molecule has 5 nitrogen and oxygen atoms in total. The first-order chi connectivity index (χ1) is 11.1. The average molecular weight is 312 g/mol. The second-order valence-electron chi connectivity index (χ2n) is 6.74. The van der Waals surface area contributed by atoms with Gasteiger partial charge in [0.2, 0.25) is 5.91 Å². The maximum Gasteiger partial charge on any atom is 0.235 e. The number of rotatable bonds is 5. The molecule has 0 spiro atoms. The molecule has 1 aliphatic heterocycles. The highest BCUT2D eigenvalue weighted by Crippen LogP contribution is 2.39. The summed E-state index contributed by atoms with van der Waals surface area (Å²) in [4.78, 5) is 16.8. The van der Waals surface area contributed by atoms with Crippen molar-refractivity contribution in [2.45, 2.75) is 25.3 Å². The summed E-state index contributed by atoms with van der Waals surface area (Å²) in [5, 5.41) is 12.3. The molecule has 2 aliphatic rings. The van der Waals surface area contributed by atoms with Crippen LogP contribution in [0.4, 0.5) is 5.69 Å². The molecular weight excluding hydrogens is 288 g/mol. The molecule has 2 fully saturated rings. The standard InChI is InChI=1S/C18H24N4O/c1-18(14-19,15-7-8-15)20-17(23)13-21-9-11-22(12-10-21)16-5-3-2-4-6-16/h2-6,15H,7-13H2,1H3,(H,20,23)/t18-/m0/s1. The smallest absolute Gasteiger partial charge is 0.235 e. The average Bonchev–Trinajstić information content (AvgIpc) is 3.41. The number of nitriles is 1. The molecule has 1 saturated heterocycles. The normalized spacial score (nSPS) is 21.3. The second kappa shape index (κ2) is 6.59. The number of benzene rings is 1. The molecule has 1 atom stereocenters. The number of nitrogens with one attached hydrogen (secondary N) is 1. The Morgan fingerprint density at radius 1 is 1.26 bits per heavy atom. The Balaban J connectivity index is 1.47. The molecule has 3 rings (SSSR count). The van der Waals surface area contributed by atoms with Crippen LogP contribution in [0.2, 0.25) is 0 Å². The summed E-state index contributed by atoms with van der Waals surface area (Å²) >= 11 is 0. The van der Waals surface area contributed by atoms with Crippen LogP contribution in [-0.2, 0) is 4.79 Å². The Hall–Kier alpha value is -2.06. The molecule has 0 aromatic heterocycles. The zero-order valence-corrected chi connectivity index (χ0v) is 13.7. The van der Waals surface area contributed by atoms with Crippen LogP contribution in [0.5, 0.6) is 0 Å². The monoisotopic (exact) mass is 312 g/mol. The van der Waals surface area contributed by atoms with Gasteiger partial charge < -0.3 is 10.2 Å². The second-order valence-corrected chi connectivity index (χ2v) is 6.74. The number of hydrogen-bond acceptors (Lipinski definition) is 4. The van der Waals surface area contributed by atoms with Crippen molar-refractivity contribution >= 4 is 11.6 Å². The fourth-order valence-corrected chi connectivity index (χ4v) is 3.22. The van der Waals surface area contributed by atoms with Gasteiger partial charge in [-0.05, 0) is 37.8 Å². The van der Waals surface area contributed by atoms with Crippen LogP contribution in [0.1, 0.15) is 19.8 Å². The van der Waals surface area contributed by atoms with E-state index in [-0.39, 0.29) is 5.91 Å². The Bertz CT molecular complexity index is 585. The Morgan fingerprint density at radius 3 is 2.48 bits per heavy atom. The lowest BCUT2D eigenvalue weighted by molar-refractivity contribution is -0.123. The molecule has 1 amide bonds. The van der Waals surface area contributed by atoms with Gasteiger partial charge in [0.15, 0.2) is 0 Å². The molecule has 1 saturated carbocycles. The van der Waals surface area contributed by atoms with Gasteiger partial charge in [-0.3, -0.25) is 9.69 Å². The predicted molar refractivity (Wildman–Crippen MR) is 90.0 cm³/mol. The molecule has 122 valence electrons. The highest BCUT2D eigenvalue weighted by atomic mass is 16.2. The van der Waals surface area contributed by atoms with E-state index in [0.29, 0.717) is 12.5 Å². The summed E-state index contributed by atoms with van der Waals surface area (Å²) in [6.07, 6.45) is 2.08. The lowest BCUT2D eigenvalue weighted by atomic mass is 9.98. The number of hydrogen-bond donors (Lipinski definition) is 1. The van der Waals surface area contributed by atoms with Crippen LogP contribution in [0.25, 0.3) is 0 Å². The molecule has 0 unspecified atom stereocenters. The van der Waals surface area contributed by atoms with Gasteiger partial charge in [0, 0.05) is 31.9 Å². The minimum absolute atomic E-state index is 0.0332. The summed E-state index contributed by atoms with van der Waals surface area (Å²) in [5.74, 6) is 0.292. The fourth-order valence-electron chi connectivity index (χ4n) is 3.22. The third-order valence-corrected chi connectivity index (χ3v) is 4.89. The van der Waals surface area contributed by atoms with Gasteiger partial charge >= 0.3 is 0 Å². The number of carbonyl (C=O) groups excluding carboxylic acids is 1. The summed E-state index contributed by atoms with van der Waals surface area (Å²) in [7, 11) is 0. The van der Waals surface area contributed by atoms with E-state index in [4.69, 9.17) is 0 Å². The summed E-state index contributed by atoms with van der Waals surface area (Å²) in [6, 6.07) is 12.6. The van der Waals surface area contributed by atoms with Gasteiger partial charge in [-0.1, -0.05) is 18.2 Å². The Morgan fingerprint density at radius 2 is 1.91 bits per heavy atom. The number of para-hydroxylation sites is 1. The predicted octanol–water partition coefficient (Wildman–Crippen LogP) is 1.62. The first-order valence-electron chi connectivity index (χ1n) is 8.35. The Labute approximate surface area is 137 Å². The minimum atomic E-state index is -0.692. The SMILES string of the molecule is C[C@@](C#N)(NC(=O)CN1CCN(c2ccccc2)CC1)C1CC1. The van der Waals surface area contributed by atoms with Crippen molar-refractivity contribution in [1.82, 2.24) is 10.2 Å². The molecule has 5 heteroatoms. The summed E-state index contributed by atoms with van der Waals surface area (Å²) in [6.45, 7) is 5.82. The van der Waals surface area contributed by atoms with Gasteiger partial charge in [-0.15, -0.1) is 0 Å². The summed E-state index contributed by atoms with van der Waals surface area (Å²) in [5.41, 5.74) is 0.547. The molecule has 1 aliphatic carbocycles. The molecule has 1 N–H and O–H groups in total. The van der Waals surface area contributed by atoms with E-state index in [1.165, 1.54) is 5.69 Å². The Kier molecular flexibility index (Phi) is 4.53. The van der Waals surface area contributed by atoms with Crippen molar-refractivity contribution < 1.29 is 4.79 Å². The van der Waals surface area contributed by atoms with E-state index in [0.717, 1.165) is 39.0 Å². The van der Waals surface area contributed by atoms with Crippen LogP contribution in [0.3, 0.4) is 0 Å². The molecule has 1 heterocycles. The molecule has 1 aromatic rings. The van der Waals surface area contributed by atoms with E-state index in [9.17, 15) is 10.1 Å². The van der Waals surface area contributed by atoms with Crippen molar-refractivity contribution in [2.75, 3.05) is 37.6 Å². The highest BCUT2D eigenvalue weighted by molar-refractivity contribution is 5.79. The van der Waals surface area contributed by atoms with Gasteiger partial charge in [-0.2, -0.15) is 5.26 Å². The van der Waals surface area contributed by atoms with E-state index < -0.39 is 5.54 Å². The van der Waals surface area contributed by atoms with Crippen molar-refractivity contribution in [3.63, 3.8) is 0 Å². The highest BCUT2D eigenvalue weighted by Gasteiger charge is 2.43. The lowest BCUT2D eigenvalue weighted by Crippen LogP contribution is -2.53. The number of anilines is 1. The van der Waals surface area contributed by atoms with Crippen LogP contribution >= 0.6 is 0 Å². The number of amides is 1. The zero-order chi connectivity index (χ0) is 16.3. The zero-order valence-electron chi connectivity index (χ0n) is 13.7. The van der Waals surface area contributed by atoms with Crippen molar-refractivity contribution in [1.29, 1.82) is 5.26 Å². The van der Waals surface area contributed by atoms with Crippen LogP contribution in [-0.4, -0.2) is 49.1 Å². The van der Waals surface area contributed by atoms with Crippen molar-refractivity contribution in [2.24, 2.45) is 5.92 Å². The molecule has 0 bridgehead atoms. The number of carbonyl (C=O) groups is 1. The third-order valence-electron chi connectivity index (χ3n) is 4.89. The fraction of sp³-hybridized carbons (Fsp3) is 0.556. The first kappa shape index (κ1) is 15.8. The van der Waals surface area contributed by atoms with E-state index >= 15 is 0 Å².